The van der Waals surface area contributed by atoms with E-state index in [2.05, 4.69) is 13.8 Å². The van der Waals surface area contributed by atoms with Crippen LogP contribution >= 0.6 is 31.1 Å². The van der Waals surface area contributed by atoms with Crippen molar-refractivity contribution in [1.29, 1.82) is 0 Å². The minimum atomic E-state index is -2.93. The third-order valence-electron chi connectivity index (χ3n) is 2.21. The molecule has 0 radical (unpaired) electrons. The first-order valence-corrected chi connectivity index (χ1v) is 8.56. The Morgan fingerprint density at radius 3 is 2.19 bits per heavy atom. The molecule has 0 aromatic rings. The van der Waals surface area contributed by atoms with Crippen molar-refractivity contribution in [3.8, 4) is 0 Å². The molecule has 7 heteroatoms. The second-order valence-corrected chi connectivity index (χ2v) is 9.56. The summed E-state index contributed by atoms with van der Waals surface area (Å²) >= 11 is 3.27. The predicted molar refractivity (Wildman–Crippen MR) is 66.1 cm³/mol. The first kappa shape index (κ1) is 15.5. The molecular formula is C9H16LiO3PS2. The van der Waals surface area contributed by atoms with Crippen molar-refractivity contribution in [1.82, 2.24) is 0 Å². The largest absolute Gasteiger partial charge is 1.00 e. The van der Waals surface area contributed by atoms with Crippen LogP contribution in [0.4, 0.5) is 0 Å². The van der Waals surface area contributed by atoms with E-state index in [0.717, 1.165) is 15.8 Å². The van der Waals surface area contributed by atoms with Crippen LogP contribution in [0.3, 0.4) is 0 Å². The second-order valence-electron chi connectivity index (χ2n) is 4.52. The summed E-state index contributed by atoms with van der Waals surface area (Å²) in [6, 6.07) is 0. The van der Waals surface area contributed by atoms with Gasteiger partial charge in [-0.1, -0.05) is 18.2 Å². The van der Waals surface area contributed by atoms with E-state index in [1.165, 1.54) is 6.42 Å². The summed E-state index contributed by atoms with van der Waals surface area (Å²) in [5, 5.41) is 0. The fraction of sp³-hybridized carbons (Fsp3) is 0.889. The topological polar surface area (TPSA) is 35.5 Å². The molecule has 2 rings (SSSR count). The maximum Gasteiger partial charge on any atom is 1.00 e. The van der Waals surface area contributed by atoms with Crippen molar-refractivity contribution in [3.05, 3.63) is 4.32 Å². The Labute approximate surface area is 118 Å². The van der Waals surface area contributed by atoms with Crippen LogP contribution in [0.5, 0.6) is 0 Å². The zero-order valence-corrected chi connectivity index (χ0v) is 12.6. The zero-order chi connectivity index (χ0) is 10.9. The van der Waals surface area contributed by atoms with E-state index in [1.807, 2.05) is 0 Å². The molecule has 2 heterocycles. The third-order valence-corrected chi connectivity index (χ3v) is 7.90. The van der Waals surface area contributed by atoms with Gasteiger partial charge in [0.2, 0.25) is 7.60 Å². The van der Waals surface area contributed by atoms with Gasteiger partial charge in [-0.3, -0.25) is 4.57 Å². The van der Waals surface area contributed by atoms with Gasteiger partial charge in [-0.05, 0) is 17.9 Å². The molecular weight excluding hydrogens is 258 g/mol. The van der Waals surface area contributed by atoms with E-state index in [0.29, 0.717) is 13.2 Å². The normalized spacial score (nSPS) is 29.4. The van der Waals surface area contributed by atoms with Gasteiger partial charge in [0.25, 0.3) is 0 Å². The van der Waals surface area contributed by atoms with Crippen molar-refractivity contribution >= 4 is 31.1 Å². The van der Waals surface area contributed by atoms with Crippen LogP contribution in [-0.2, 0) is 13.6 Å². The Morgan fingerprint density at radius 2 is 1.69 bits per heavy atom. The van der Waals surface area contributed by atoms with Crippen LogP contribution < -0.4 is 18.9 Å². The molecule has 0 aromatic carbocycles. The number of rotatable bonds is 1. The third kappa shape index (κ3) is 3.72. The molecule has 88 valence electrons. The maximum atomic E-state index is 12.4. The molecule has 0 aliphatic carbocycles. The van der Waals surface area contributed by atoms with Gasteiger partial charge in [-0.25, -0.2) is 0 Å². The van der Waals surface area contributed by atoms with E-state index < -0.39 is 7.60 Å². The molecule has 2 saturated heterocycles. The number of hydrogen-bond acceptors (Lipinski definition) is 5. The van der Waals surface area contributed by atoms with E-state index in [1.54, 1.807) is 23.5 Å². The predicted octanol–water partition coefficient (Wildman–Crippen LogP) is 0.574. The standard InChI is InChI=1S/C9H16O3PS2.Li/c1-9(2)6-11-13(10,12-7-9)8-14-4-3-5-15-8;/h3-7H2,1-2H3;/q-1;+1. The molecule has 0 spiro atoms. The first-order chi connectivity index (χ1) is 7.02. The summed E-state index contributed by atoms with van der Waals surface area (Å²) in [7, 11) is -2.93. The Balaban J connectivity index is 0.00000128. The van der Waals surface area contributed by atoms with Crippen molar-refractivity contribution < 1.29 is 32.5 Å². The van der Waals surface area contributed by atoms with E-state index in [9.17, 15) is 4.57 Å². The van der Waals surface area contributed by atoms with Gasteiger partial charge < -0.3 is 32.6 Å². The van der Waals surface area contributed by atoms with Gasteiger partial charge >= 0.3 is 18.9 Å². The summed E-state index contributed by atoms with van der Waals surface area (Å²) in [5.74, 6) is 2.06. The quantitative estimate of drug-likeness (QED) is 0.397. The number of hydrogen-bond donors (Lipinski definition) is 0. The monoisotopic (exact) mass is 274 g/mol. The van der Waals surface area contributed by atoms with Crippen molar-refractivity contribution in [2.45, 2.75) is 20.3 Å². The summed E-state index contributed by atoms with van der Waals surface area (Å²) < 4.78 is 24.2. The van der Waals surface area contributed by atoms with Gasteiger partial charge in [0.15, 0.2) is 0 Å². The van der Waals surface area contributed by atoms with Crippen molar-refractivity contribution in [3.63, 3.8) is 0 Å². The number of thioether (sulfide) groups is 2. The Kier molecular flexibility index (Phi) is 5.87. The summed E-state index contributed by atoms with van der Waals surface area (Å²) in [6.45, 7) is 5.16. The molecule has 3 nitrogen and oxygen atoms in total. The van der Waals surface area contributed by atoms with E-state index in [-0.39, 0.29) is 24.3 Å². The smallest absolute Gasteiger partial charge is 0.329 e. The summed E-state index contributed by atoms with van der Waals surface area (Å²) in [5.41, 5.74) is -0.0154. The molecule has 0 amide bonds. The molecule has 0 N–H and O–H groups in total. The minimum Gasteiger partial charge on any atom is -0.329 e. The van der Waals surface area contributed by atoms with Gasteiger partial charge in [-0.2, -0.15) is 0 Å². The molecule has 2 fully saturated rings. The minimum absolute atomic E-state index is 0. The average molecular weight is 274 g/mol. The van der Waals surface area contributed by atoms with Gasteiger partial charge in [0.1, 0.15) is 0 Å². The molecule has 0 aromatic heterocycles. The molecule has 2 aliphatic heterocycles. The molecule has 16 heavy (non-hydrogen) atoms. The molecule has 2 aliphatic rings. The van der Waals surface area contributed by atoms with Crippen molar-refractivity contribution in [2.24, 2.45) is 5.41 Å². The van der Waals surface area contributed by atoms with Gasteiger partial charge in [0, 0.05) is 5.41 Å². The van der Waals surface area contributed by atoms with Crippen LogP contribution in [-0.4, -0.2) is 24.7 Å². The van der Waals surface area contributed by atoms with Crippen LogP contribution in [0, 0.1) is 9.74 Å². The van der Waals surface area contributed by atoms with Crippen LogP contribution in [0.2, 0.25) is 0 Å². The molecule has 0 unspecified atom stereocenters. The summed E-state index contributed by atoms with van der Waals surface area (Å²) in [4.78, 5) is 0. The van der Waals surface area contributed by atoms with Gasteiger partial charge in [-0.15, -0.1) is 0 Å². The molecule has 0 bridgehead atoms. The zero-order valence-electron chi connectivity index (χ0n) is 10.0. The Bertz CT molecular complexity index is 268. The fourth-order valence-corrected chi connectivity index (χ4v) is 6.99. The first-order valence-electron chi connectivity index (χ1n) is 5.04. The average Bonchev–Trinajstić information content (AvgIpc) is 2.24. The maximum absolute atomic E-state index is 12.4. The van der Waals surface area contributed by atoms with Crippen LogP contribution in [0.1, 0.15) is 20.3 Å². The summed E-state index contributed by atoms with van der Waals surface area (Å²) in [6.07, 6.45) is 1.17. The van der Waals surface area contributed by atoms with Crippen molar-refractivity contribution in [2.75, 3.05) is 24.7 Å². The molecule has 0 saturated carbocycles. The van der Waals surface area contributed by atoms with E-state index in [4.69, 9.17) is 9.05 Å². The fourth-order valence-electron chi connectivity index (χ4n) is 1.28. The molecule has 0 atom stereocenters. The van der Waals surface area contributed by atoms with Crippen LogP contribution in [0.25, 0.3) is 0 Å². The van der Waals surface area contributed by atoms with Gasteiger partial charge in [0.05, 0.1) is 13.2 Å². The Hall–Kier alpha value is 1.45. The second kappa shape index (κ2) is 6.06. The van der Waals surface area contributed by atoms with E-state index >= 15 is 0 Å². The SMILES string of the molecule is CC1(C)COP(=O)([C-]2SCCCS2)OC1.[Li+]. The van der Waals surface area contributed by atoms with Crippen LogP contribution in [0.15, 0.2) is 0 Å². The Morgan fingerprint density at radius 1 is 1.19 bits per heavy atom.